The molecule has 0 radical (unpaired) electrons. The van der Waals surface area contributed by atoms with Crippen LogP contribution in [0.15, 0.2) is 66.7 Å². The van der Waals surface area contributed by atoms with E-state index in [1.165, 1.54) is 5.56 Å². The number of aryl methyl sites for hydroxylation is 1. The van der Waals surface area contributed by atoms with Gasteiger partial charge in [0.25, 0.3) is 0 Å². The van der Waals surface area contributed by atoms with Crippen molar-refractivity contribution in [2.45, 2.75) is 6.92 Å². The van der Waals surface area contributed by atoms with Crippen LogP contribution >= 0.6 is 23.2 Å². The lowest BCUT2D eigenvalue weighted by Gasteiger charge is -2.12. The second-order valence-electron chi connectivity index (χ2n) is 6.19. The SMILES string of the molecule is Cc1ccc(Nc2nc(Nc3cc(Cl)cc(Cl)c3)nc3ccccc23)cc1. The number of fused-ring (bicyclic) bond motifs is 1. The Morgan fingerprint density at radius 1 is 0.741 bits per heavy atom. The maximum Gasteiger partial charge on any atom is 0.229 e. The van der Waals surface area contributed by atoms with Crippen molar-refractivity contribution in [3.63, 3.8) is 0 Å². The summed E-state index contributed by atoms with van der Waals surface area (Å²) in [6.07, 6.45) is 0. The molecule has 134 valence electrons. The fourth-order valence-corrected chi connectivity index (χ4v) is 3.28. The van der Waals surface area contributed by atoms with E-state index in [2.05, 4.69) is 39.7 Å². The molecule has 1 aromatic heterocycles. The Morgan fingerprint density at radius 3 is 2.19 bits per heavy atom. The lowest BCUT2D eigenvalue weighted by Crippen LogP contribution is -2.02. The van der Waals surface area contributed by atoms with Crippen molar-refractivity contribution in [1.29, 1.82) is 0 Å². The number of para-hydroxylation sites is 1. The van der Waals surface area contributed by atoms with Crippen LogP contribution in [-0.4, -0.2) is 9.97 Å². The number of benzene rings is 3. The zero-order chi connectivity index (χ0) is 18.8. The van der Waals surface area contributed by atoms with E-state index in [-0.39, 0.29) is 0 Å². The molecule has 1 heterocycles. The standard InChI is InChI=1S/C21H16Cl2N4/c1-13-6-8-16(9-7-13)24-20-18-4-2-3-5-19(18)26-21(27-20)25-17-11-14(22)10-15(23)12-17/h2-12H,1H3,(H2,24,25,26,27). The third-order valence-corrected chi connectivity index (χ3v) is 4.47. The van der Waals surface area contributed by atoms with Gasteiger partial charge in [-0.2, -0.15) is 4.98 Å². The normalized spacial score (nSPS) is 10.8. The first-order valence-electron chi connectivity index (χ1n) is 8.40. The summed E-state index contributed by atoms with van der Waals surface area (Å²) >= 11 is 12.2. The van der Waals surface area contributed by atoms with Crippen molar-refractivity contribution in [2.75, 3.05) is 10.6 Å². The van der Waals surface area contributed by atoms with Gasteiger partial charge in [0, 0.05) is 26.8 Å². The molecule has 6 heteroatoms. The van der Waals surface area contributed by atoms with Gasteiger partial charge >= 0.3 is 0 Å². The molecule has 4 nitrogen and oxygen atoms in total. The molecule has 0 atom stereocenters. The van der Waals surface area contributed by atoms with E-state index in [0.717, 1.165) is 28.1 Å². The molecule has 0 fully saturated rings. The Hall–Kier alpha value is -2.82. The van der Waals surface area contributed by atoms with Gasteiger partial charge < -0.3 is 10.6 Å². The summed E-state index contributed by atoms with van der Waals surface area (Å²) in [6, 6.07) is 21.3. The minimum absolute atomic E-state index is 0.460. The van der Waals surface area contributed by atoms with Crippen molar-refractivity contribution in [1.82, 2.24) is 9.97 Å². The zero-order valence-corrected chi connectivity index (χ0v) is 16.0. The molecule has 0 saturated carbocycles. The molecule has 0 unspecified atom stereocenters. The summed E-state index contributed by atoms with van der Waals surface area (Å²) < 4.78 is 0. The molecule has 0 aliphatic carbocycles. The van der Waals surface area contributed by atoms with Crippen LogP contribution in [0.5, 0.6) is 0 Å². The summed E-state index contributed by atoms with van der Waals surface area (Å²) in [5.41, 5.74) is 3.72. The predicted octanol–water partition coefficient (Wildman–Crippen LogP) is 6.73. The van der Waals surface area contributed by atoms with Gasteiger partial charge in [-0.3, -0.25) is 0 Å². The highest BCUT2D eigenvalue weighted by Gasteiger charge is 2.09. The molecular weight excluding hydrogens is 379 g/mol. The van der Waals surface area contributed by atoms with Gasteiger partial charge in [0.05, 0.1) is 5.52 Å². The molecule has 3 aromatic carbocycles. The number of anilines is 4. The van der Waals surface area contributed by atoms with Crippen molar-refractivity contribution in [3.05, 3.63) is 82.3 Å². The molecule has 27 heavy (non-hydrogen) atoms. The molecule has 4 aromatic rings. The Morgan fingerprint density at radius 2 is 1.44 bits per heavy atom. The van der Waals surface area contributed by atoms with Crippen LogP contribution in [0.2, 0.25) is 10.0 Å². The van der Waals surface area contributed by atoms with Crippen LogP contribution in [0.3, 0.4) is 0 Å². The van der Waals surface area contributed by atoms with Crippen molar-refractivity contribution >= 4 is 57.2 Å². The van der Waals surface area contributed by atoms with Gasteiger partial charge in [-0.25, -0.2) is 4.98 Å². The zero-order valence-electron chi connectivity index (χ0n) is 14.5. The first-order chi connectivity index (χ1) is 13.1. The first-order valence-corrected chi connectivity index (χ1v) is 9.16. The van der Waals surface area contributed by atoms with Crippen LogP contribution in [0.25, 0.3) is 10.9 Å². The van der Waals surface area contributed by atoms with Crippen molar-refractivity contribution in [2.24, 2.45) is 0 Å². The summed E-state index contributed by atoms with van der Waals surface area (Å²) in [6.45, 7) is 2.06. The highest BCUT2D eigenvalue weighted by Crippen LogP contribution is 2.28. The van der Waals surface area contributed by atoms with E-state index in [0.29, 0.717) is 16.0 Å². The average molecular weight is 395 g/mol. The predicted molar refractivity (Wildman–Crippen MR) is 114 cm³/mol. The monoisotopic (exact) mass is 394 g/mol. The molecule has 0 aliphatic heterocycles. The Kier molecular flexibility index (Phi) is 4.84. The Bertz CT molecular complexity index is 1090. The smallest absolute Gasteiger partial charge is 0.229 e. The van der Waals surface area contributed by atoms with Gasteiger partial charge in [-0.05, 0) is 49.4 Å². The molecule has 0 saturated heterocycles. The highest BCUT2D eigenvalue weighted by atomic mass is 35.5. The van der Waals surface area contributed by atoms with E-state index in [9.17, 15) is 0 Å². The summed E-state index contributed by atoms with van der Waals surface area (Å²) in [5, 5.41) is 8.59. The van der Waals surface area contributed by atoms with Gasteiger partial charge in [-0.1, -0.05) is 53.0 Å². The summed E-state index contributed by atoms with van der Waals surface area (Å²) in [7, 11) is 0. The second kappa shape index (κ2) is 7.43. The minimum Gasteiger partial charge on any atom is -0.340 e. The highest BCUT2D eigenvalue weighted by molar-refractivity contribution is 6.35. The molecule has 2 N–H and O–H groups in total. The quantitative estimate of drug-likeness (QED) is 0.402. The molecule has 0 bridgehead atoms. The number of rotatable bonds is 4. The summed E-state index contributed by atoms with van der Waals surface area (Å²) in [5.74, 6) is 1.18. The largest absolute Gasteiger partial charge is 0.340 e. The van der Waals surface area contributed by atoms with Crippen LogP contribution in [0.4, 0.5) is 23.1 Å². The summed E-state index contributed by atoms with van der Waals surface area (Å²) in [4.78, 5) is 9.25. The number of hydrogen-bond donors (Lipinski definition) is 2. The maximum atomic E-state index is 6.09. The van der Waals surface area contributed by atoms with Gasteiger partial charge in [0.1, 0.15) is 5.82 Å². The topological polar surface area (TPSA) is 49.8 Å². The first kappa shape index (κ1) is 17.6. The van der Waals surface area contributed by atoms with E-state index >= 15 is 0 Å². The van der Waals surface area contributed by atoms with Crippen LogP contribution in [0.1, 0.15) is 5.56 Å². The number of nitrogens with zero attached hydrogens (tertiary/aromatic N) is 2. The third kappa shape index (κ3) is 4.13. The van der Waals surface area contributed by atoms with E-state index < -0.39 is 0 Å². The van der Waals surface area contributed by atoms with Crippen LogP contribution < -0.4 is 10.6 Å². The van der Waals surface area contributed by atoms with Crippen LogP contribution in [0, 0.1) is 6.92 Å². The fraction of sp³-hybridized carbons (Fsp3) is 0.0476. The molecule has 4 rings (SSSR count). The Balaban J connectivity index is 1.74. The van der Waals surface area contributed by atoms with E-state index in [1.54, 1.807) is 18.2 Å². The number of nitrogens with one attached hydrogen (secondary N) is 2. The number of aromatic nitrogens is 2. The lowest BCUT2D eigenvalue weighted by molar-refractivity contribution is 1.21. The molecule has 0 spiro atoms. The van der Waals surface area contributed by atoms with E-state index in [1.807, 2.05) is 36.4 Å². The average Bonchev–Trinajstić information content (AvgIpc) is 2.63. The van der Waals surface area contributed by atoms with Gasteiger partial charge in [0.15, 0.2) is 0 Å². The minimum atomic E-state index is 0.460. The fourth-order valence-electron chi connectivity index (χ4n) is 2.76. The van der Waals surface area contributed by atoms with Crippen molar-refractivity contribution < 1.29 is 0 Å². The molecule has 0 amide bonds. The van der Waals surface area contributed by atoms with E-state index in [4.69, 9.17) is 23.2 Å². The van der Waals surface area contributed by atoms with Gasteiger partial charge in [0.2, 0.25) is 5.95 Å². The number of halogens is 2. The second-order valence-corrected chi connectivity index (χ2v) is 7.06. The molecular formula is C21H16Cl2N4. The number of hydrogen-bond acceptors (Lipinski definition) is 4. The van der Waals surface area contributed by atoms with Gasteiger partial charge in [-0.15, -0.1) is 0 Å². The molecule has 0 aliphatic rings. The van der Waals surface area contributed by atoms with Crippen LogP contribution in [-0.2, 0) is 0 Å². The third-order valence-electron chi connectivity index (χ3n) is 4.04. The maximum absolute atomic E-state index is 6.09. The van der Waals surface area contributed by atoms with Crippen molar-refractivity contribution in [3.8, 4) is 0 Å². The Labute approximate surface area is 167 Å². The lowest BCUT2D eigenvalue weighted by atomic mass is 10.2.